The van der Waals surface area contributed by atoms with Crippen molar-refractivity contribution in [2.45, 2.75) is 19.9 Å². The zero-order valence-electron chi connectivity index (χ0n) is 17.0. The van der Waals surface area contributed by atoms with Crippen LogP contribution in [0.3, 0.4) is 0 Å². The maximum absolute atomic E-state index is 12.4. The molecule has 5 nitrogen and oxygen atoms in total. The molecule has 0 aliphatic carbocycles. The van der Waals surface area contributed by atoms with Crippen molar-refractivity contribution in [2.75, 3.05) is 32.7 Å². The maximum Gasteiger partial charge on any atom is 0.232 e. The van der Waals surface area contributed by atoms with Gasteiger partial charge in [-0.3, -0.25) is 14.5 Å². The van der Waals surface area contributed by atoms with Crippen LogP contribution in [0.5, 0.6) is 0 Å². The van der Waals surface area contributed by atoms with E-state index in [0.717, 1.165) is 30.8 Å². The molecule has 1 fully saturated rings. The summed E-state index contributed by atoms with van der Waals surface area (Å²) in [6.45, 7) is 6.34. The summed E-state index contributed by atoms with van der Waals surface area (Å²) in [5, 5.41) is 2.86. The average Bonchev–Trinajstić information content (AvgIpc) is 2.74. The van der Waals surface area contributed by atoms with Crippen molar-refractivity contribution < 1.29 is 9.59 Å². The van der Waals surface area contributed by atoms with Gasteiger partial charge >= 0.3 is 0 Å². The number of benzene rings is 2. The van der Waals surface area contributed by atoms with Gasteiger partial charge in [0.2, 0.25) is 11.8 Å². The van der Waals surface area contributed by atoms with Crippen molar-refractivity contribution in [3.8, 4) is 0 Å². The van der Waals surface area contributed by atoms with Gasteiger partial charge in [0.15, 0.2) is 0 Å². The molecule has 1 N–H and O–H groups in total. The van der Waals surface area contributed by atoms with Crippen LogP contribution in [-0.2, 0) is 16.1 Å². The highest BCUT2D eigenvalue weighted by atomic mass is 16.2. The van der Waals surface area contributed by atoms with E-state index in [2.05, 4.69) is 34.5 Å². The largest absolute Gasteiger partial charge is 0.352 e. The lowest BCUT2D eigenvalue weighted by atomic mass is 10.1. The van der Waals surface area contributed by atoms with E-state index in [1.54, 1.807) is 4.90 Å². The van der Waals surface area contributed by atoms with E-state index in [9.17, 15) is 9.59 Å². The summed E-state index contributed by atoms with van der Waals surface area (Å²) >= 11 is 0. The Morgan fingerprint density at radius 2 is 1.66 bits per heavy atom. The van der Waals surface area contributed by atoms with Crippen LogP contribution in [0.25, 0.3) is 6.08 Å². The average molecular weight is 392 g/mol. The number of hydrogen-bond acceptors (Lipinski definition) is 3. The summed E-state index contributed by atoms with van der Waals surface area (Å²) in [4.78, 5) is 28.7. The van der Waals surface area contributed by atoms with Crippen molar-refractivity contribution in [1.82, 2.24) is 15.1 Å². The number of carbonyl (C=O) groups excluding carboxylic acids is 2. The van der Waals surface area contributed by atoms with Crippen LogP contribution in [-0.4, -0.2) is 54.3 Å². The Labute approximate surface area is 173 Å². The molecule has 0 radical (unpaired) electrons. The Balaban J connectivity index is 1.36. The molecule has 0 saturated carbocycles. The van der Waals surface area contributed by atoms with Crippen molar-refractivity contribution in [3.63, 3.8) is 0 Å². The Hall–Kier alpha value is -2.92. The second-order valence-electron chi connectivity index (χ2n) is 7.37. The Bertz CT molecular complexity index is 840. The van der Waals surface area contributed by atoms with E-state index < -0.39 is 0 Å². The molecule has 1 aliphatic rings. The molecule has 0 atom stereocenters. The number of nitrogens with zero attached hydrogens (tertiary/aromatic N) is 2. The van der Waals surface area contributed by atoms with Gasteiger partial charge in [-0.05, 0) is 23.6 Å². The van der Waals surface area contributed by atoms with Crippen molar-refractivity contribution in [3.05, 3.63) is 77.4 Å². The monoisotopic (exact) mass is 391 g/mol. The fraction of sp³-hybridized carbons (Fsp3) is 0.333. The maximum atomic E-state index is 12.4. The van der Waals surface area contributed by atoms with Gasteiger partial charge in [-0.2, -0.15) is 0 Å². The molecular weight excluding hydrogens is 362 g/mol. The molecule has 1 saturated heterocycles. The standard InChI is InChI=1S/C24H29N3O2/c1-20-8-5-6-12-22(20)19-25-23(28)18-24(29)27-16-14-26(15-17-27)13-7-11-21-9-3-2-4-10-21/h2-12H,13-19H2,1H3,(H,25,28)/b11-7+. The molecular formula is C24H29N3O2. The molecule has 29 heavy (non-hydrogen) atoms. The van der Waals surface area contributed by atoms with E-state index >= 15 is 0 Å². The Morgan fingerprint density at radius 3 is 2.38 bits per heavy atom. The minimum Gasteiger partial charge on any atom is -0.352 e. The molecule has 5 heteroatoms. The minimum absolute atomic E-state index is 0.0835. The Kier molecular flexibility index (Phi) is 7.59. The lowest BCUT2D eigenvalue weighted by Gasteiger charge is -2.34. The van der Waals surface area contributed by atoms with Crippen molar-refractivity contribution in [1.29, 1.82) is 0 Å². The van der Waals surface area contributed by atoms with Crippen molar-refractivity contribution >= 4 is 17.9 Å². The highest BCUT2D eigenvalue weighted by molar-refractivity contribution is 5.96. The highest BCUT2D eigenvalue weighted by Gasteiger charge is 2.22. The van der Waals surface area contributed by atoms with Gasteiger partial charge in [-0.25, -0.2) is 0 Å². The van der Waals surface area contributed by atoms with E-state index in [1.807, 2.05) is 49.4 Å². The van der Waals surface area contributed by atoms with Gasteiger partial charge in [-0.15, -0.1) is 0 Å². The molecule has 0 unspecified atom stereocenters. The fourth-order valence-corrected chi connectivity index (χ4v) is 3.40. The van der Waals surface area contributed by atoms with E-state index in [1.165, 1.54) is 5.56 Å². The van der Waals surface area contributed by atoms with Gasteiger partial charge in [0.05, 0.1) is 0 Å². The first kappa shape index (κ1) is 20.8. The first-order valence-electron chi connectivity index (χ1n) is 10.1. The first-order valence-corrected chi connectivity index (χ1v) is 10.1. The number of hydrogen-bond donors (Lipinski definition) is 1. The number of carbonyl (C=O) groups is 2. The zero-order chi connectivity index (χ0) is 20.5. The molecule has 3 rings (SSSR count). The normalized spacial score (nSPS) is 14.9. The smallest absolute Gasteiger partial charge is 0.232 e. The summed E-state index contributed by atoms with van der Waals surface area (Å²) in [5.41, 5.74) is 3.40. The molecule has 2 aromatic carbocycles. The fourth-order valence-electron chi connectivity index (χ4n) is 3.40. The molecule has 0 aromatic heterocycles. The molecule has 0 bridgehead atoms. The van der Waals surface area contributed by atoms with Gasteiger partial charge in [-0.1, -0.05) is 66.7 Å². The SMILES string of the molecule is Cc1ccccc1CNC(=O)CC(=O)N1CCN(C/C=C/c2ccccc2)CC1. The summed E-state index contributed by atoms with van der Waals surface area (Å²) in [7, 11) is 0. The molecule has 1 heterocycles. The lowest BCUT2D eigenvalue weighted by molar-refractivity contribution is -0.137. The summed E-state index contributed by atoms with van der Waals surface area (Å²) in [6.07, 6.45) is 4.20. The van der Waals surface area contributed by atoms with Crippen LogP contribution in [0, 0.1) is 6.92 Å². The van der Waals surface area contributed by atoms with Gasteiger partial charge in [0.1, 0.15) is 6.42 Å². The van der Waals surface area contributed by atoms with Gasteiger partial charge in [0, 0.05) is 39.3 Å². The third-order valence-corrected chi connectivity index (χ3v) is 5.25. The second kappa shape index (κ2) is 10.6. The number of amides is 2. The number of aryl methyl sites for hydroxylation is 1. The topological polar surface area (TPSA) is 52.7 Å². The Morgan fingerprint density at radius 1 is 0.966 bits per heavy atom. The van der Waals surface area contributed by atoms with Crippen LogP contribution in [0.1, 0.15) is 23.1 Å². The van der Waals surface area contributed by atoms with Crippen molar-refractivity contribution in [2.24, 2.45) is 0 Å². The lowest BCUT2D eigenvalue weighted by Crippen LogP contribution is -2.49. The summed E-state index contributed by atoms with van der Waals surface area (Å²) < 4.78 is 0. The quantitative estimate of drug-likeness (QED) is 0.739. The van der Waals surface area contributed by atoms with Crippen LogP contribution < -0.4 is 5.32 Å². The van der Waals surface area contributed by atoms with E-state index in [4.69, 9.17) is 0 Å². The molecule has 2 amide bonds. The van der Waals surface area contributed by atoms with Crippen LogP contribution >= 0.6 is 0 Å². The minimum atomic E-state index is -0.216. The molecule has 152 valence electrons. The zero-order valence-corrected chi connectivity index (χ0v) is 17.0. The highest BCUT2D eigenvalue weighted by Crippen LogP contribution is 2.08. The summed E-state index contributed by atoms with van der Waals surface area (Å²) in [5.74, 6) is -0.307. The third kappa shape index (κ3) is 6.57. The summed E-state index contributed by atoms with van der Waals surface area (Å²) in [6, 6.07) is 18.2. The number of nitrogens with one attached hydrogen (secondary N) is 1. The first-order chi connectivity index (χ1) is 14.1. The van der Waals surface area contributed by atoms with Gasteiger partial charge in [0.25, 0.3) is 0 Å². The van der Waals surface area contributed by atoms with Crippen LogP contribution in [0.4, 0.5) is 0 Å². The molecule has 0 spiro atoms. The molecule has 1 aliphatic heterocycles. The van der Waals surface area contributed by atoms with Crippen LogP contribution in [0.15, 0.2) is 60.7 Å². The predicted octanol–water partition coefficient (Wildman–Crippen LogP) is 2.86. The van der Waals surface area contributed by atoms with Gasteiger partial charge < -0.3 is 10.2 Å². The van der Waals surface area contributed by atoms with E-state index in [-0.39, 0.29) is 18.2 Å². The van der Waals surface area contributed by atoms with E-state index in [0.29, 0.717) is 19.6 Å². The predicted molar refractivity (Wildman–Crippen MR) is 116 cm³/mol. The number of rotatable bonds is 7. The second-order valence-corrected chi connectivity index (χ2v) is 7.37. The molecule has 2 aromatic rings. The number of piperazine rings is 1. The third-order valence-electron chi connectivity index (χ3n) is 5.25. The van der Waals surface area contributed by atoms with Crippen LogP contribution in [0.2, 0.25) is 0 Å².